The predicted octanol–water partition coefficient (Wildman–Crippen LogP) is 4.57. The fourth-order valence-electron chi connectivity index (χ4n) is 1.76. The van der Waals surface area contributed by atoms with E-state index in [1.165, 1.54) is 0 Å². The topological polar surface area (TPSA) is 26.3 Å². The number of hydrogen-bond acceptors (Lipinski definition) is 2. The molecule has 0 spiro atoms. The molecule has 0 aliphatic carbocycles. The van der Waals surface area contributed by atoms with Crippen LogP contribution >= 0.6 is 0 Å². The number of aldehydes is 1. The van der Waals surface area contributed by atoms with Crippen molar-refractivity contribution in [3.63, 3.8) is 0 Å². The molecule has 0 aliphatic heterocycles. The Morgan fingerprint density at radius 1 is 1.33 bits per heavy atom. The maximum Gasteiger partial charge on any atom is 0.192 e. The van der Waals surface area contributed by atoms with Crippen LogP contribution in [0.3, 0.4) is 0 Å². The van der Waals surface area contributed by atoms with Crippen LogP contribution in [0.2, 0.25) is 18.1 Å². The molecule has 0 unspecified atom stereocenters. The van der Waals surface area contributed by atoms with E-state index in [4.69, 9.17) is 4.43 Å². The van der Waals surface area contributed by atoms with Gasteiger partial charge in [-0.3, -0.25) is 4.79 Å². The second kappa shape index (κ2) is 7.24. The SMILES string of the molecule is C/C(=C/C=O)CCCO[Si](C)(C)C(C)(C)C(C)C. The molecule has 0 aromatic carbocycles. The van der Waals surface area contributed by atoms with Gasteiger partial charge in [0.2, 0.25) is 0 Å². The van der Waals surface area contributed by atoms with Gasteiger partial charge in [-0.2, -0.15) is 0 Å². The van der Waals surface area contributed by atoms with Gasteiger partial charge >= 0.3 is 0 Å². The Hall–Kier alpha value is -0.413. The molecule has 0 aromatic heterocycles. The van der Waals surface area contributed by atoms with Crippen molar-refractivity contribution < 1.29 is 9.22 Å². The Morgan fingerprint density at radius 3 is 2.33 bits per heavy atom. The standard InChI is InChI=1S/C15H30O2Si/c1-13(2)15(4,5)18(6,7)17-12-8-9-14(3)10-11-16/h10-11,13H,8-9,12H2,1-7H3/b14-10-. The maximum absolute atomic E-state index is 10.3. The lowest BCUT2D eigenvalue weighted by Gasteiger charge is -2.42. The first-order valence-corrected chi connectivity index (χ1v) is 9.81. The predicted molar refractivity (Wildman–Crippen MR) is 81.4 cm³/mol. The van der Waals surface area contributed by atoms with Crippen molar-refractivity contribution in [3.8, 4) is 0 Å². The Labute approximate surface area is 114 Å². The zero-order chi connectivity index (χ0) is 14.4. The van der Waals surface area contributed by atoms with E-state index in [9.17, 15) is 4.79 Å². The molecule has 0 saturated carbocycles. The molecule has 106 valence electrons. The van der Waals surface area contributed by atoms with Crippen molar-refractivity contribution >= 4 is 14.6 Å². The summed E-state index contributed by atoms with van der Waals surface area (Å²) >= 11 is 0. The monoisotopic (exact) mass is 270 g/mol. The molecular weight excluding hydrogens is 240 g/mol. The minimum atomic E-state index is -1.67. The summed E-state index contributed by atoms with van der Waals surface area (Å²) in [6, 6.07) is 0. The summed E-state index contributed by atoms with van der Waals surface area (Å²) in [6.07, 6.45) is 4.45. The highest BCUT2D eigenvalue weighted by molar-refractivity contribution is 6.74. The smallest absolute Gasteiger partial charge is 0.192 e. The minimum absolute atomic E-state index is 0.278. The molecule has 0 amide bonds. The highest BCUT2D eigenvalue weighted by Gasteiger charge is 2.42. The van der Waals surface area contributed by atoms with E-state index in [0.29, 0.717) is 5.92 Å². The second-order valence-electron chi connectivity index (χ2n) is 6.49. The zero-order valence-corrected chi connectivity index (χ0v) is 14.2. The fraction of sp³-hybridized carbons (Fsp3) is 0.800. The lowest BCUT2D eigenvalue weighted by atomic mass is 9.99. The average molecular weight is 270 g/mol. The largest absolute Gasteiger partial charge is 0.417 e. The van der Waals surface area contributed by atoms with Crippen LogP contribution in [0.1, 0.15) is 47.5 Å². The molecule has 3 heteroatoms. The van der Waals surface area contributed by atoms with E-state index in [0.717, 1.165) is 31.3 Å². The highest BCUT2D eigenvalue weighted by atomic mass is 28.4. The summed E-state index contributed by atoms with van der Waals surface area (Å²) in [7, 11) is -1.67. The molecule has 0 saturated heterocycles. The lowest BCUT2D eigenvalue weighted by Crippen LogP contribution is -2.45. The number of rotatable bonds is 8. The third kappa shape index (κ3) is 5.07. The number of carbonyl (C=O) groups excluding carboxylic acids is 1. The molecule has 0 N–H and O–H groups in total. The van der Waals surface area contributed by atoms with Crippen molar-refractivity contribution in [2.45, 2.75) is 65.6 Å². The van der Waals surface area contributed by atoms with Crippen molar-refractivity contribution in [2.24, 2.45) is 5.92 Å². The molecular formula is C15H30O2Si. The summed E-state index contributed by atoms with van der Waals surface area (Å²) in [5, 5.41) is 0.278. The van der Waals surface area contributed by atoms with E-state index in [2.05, 4.69) is 40.8 Å². The Balaban J connectivity index is 4.21. The van der Waals surface area contributed by atoms with Gasteiger partial charge in [0.15, 0.2) is 8.32 Å². The average Bonchev–Trinajstić information content (AvgIpc) is 2.24. The number of allylic oxidation sites excluding steroid dienone is 2. The van der Waals surface area contributed by atoms with Crippen molar-refractivity contribution in [1.29, 1.82) is 0 Å². The molecule has 0 bridgehead atoms. The first-order valence-electron chi connectivity index (χ1n) is 6.90. The lowest BCUT2D eigenvalue weighted by molar-refractivity contribution is -0.104. The van der Waals surface area contributed by atoms with Crippen molar-refractivity contribution in [1.82, 2.24) is 0 Å². The molecule has 0 aromatic rings. The first-order chi connectivity index (χ1) is 8.15. The van der Waals surface area contributed by atoms with Crippen LogP contribution in [-0.2, 0) is 9.22 Å². The van der Waals surface area contributed by atoms with Crippen LogP contribution in [0.5, 0.6) is 0 Å². The molecule has 18 heavy (non-hydrogen) atoms. The first kappa shape index (κ1) is 17.6. The van der Waals surface area contributed by atoms with E-state index in [1.807, 2.05) is 6.92 Å². The molecule has 2 nitrogen and oxygen atoms in total. The minimum Gasteiger partial charge on any atom is -0.417 e. The van der Waals surface area contributed by atoms with Crippen molar-refractivity contribution in [2.75, 3.05) is 6.61 Å². The summed E-state index contributed by atoms with van der Waals surface area (Å²) < 4.78 is 6.21. The van der Waals surface area contributed by atoms with E-state index in [1.54, 1.807) is 6.08 Å². The van der Waals surface area contributed by atoms with Gasteiger partial charge in [0.1, 0.15) is 6.29 Å². The van der Waals surface area contributed by atoms with Crippen molar-refractivity contribution in [3.05, 3.63) is 11.6 Å². The molecule has 0 heterocycles. The quantitative estimate of drug-likeness (QED) is 0.279. The van der Waals surface area contributed by atoms with Gasteiger partial charge in [-0.1, -0.05) is 33.3 Å². The highest BCUT2D eigenvalue weighted by Crippen LogP contribution is 2.44. The number of hydrogen-bond donors (Lipinski definition) is 0. The summed E-state index contributed by atoms with van der Waals surface area (Å²) in [4.78, 5) is 10.3. The van der Waals surface area contributed by atoms with Gasteiger partial charge in [-0.05, 0) is 49.9 Å². The van der Waals surface area contributed by atoms with Crippen LogP contribution in [0, 0.1) is 5.92 Å². The molecule has 0 aliphatic rings. The number of carbonyl (C=O) groups is 1. The van der Waals surface area contributed by atoms with Gasteiger partial charge in [-0.25, -0.2) is 0 Å². The second-order valence-corrected chi connectivity index (χ2v) is 11.1. The molecule has 0 rings (SSSR count). The molecule has 0 radical (unpaired) electrons. The third-order valence-corrected chi connectivity index (χ3v) is 9.13. The van der Waals surface area contributed by atoms with Gasteiger partial charge in [-0.15, -0.1) is 0 Å². The zero-order valence-electron chi connectivity index (χ0n) is 13.2. The molecule has 0 atom stereocenters. The summed E-state index contributed by atoms with van der Waals surface area (Å²) in [6.45, 7) is 16.6. The summed E-state index contributed by atoms with van der Waals surface area (Å²) in [5.41, 5.74) is 1.14. The van der Waals surface area contributed by atoms with Crippen LogP contribution in [0.25, 0.3) is 0 Å². The van der Waals surface area contributed by atoms with Gasteiger partial charge in [0.25, 0.3) is 0 Å². The van der Waals surface area contributed by atoms with E-state index >= 15 is 0 Å². The van der Waals surface area contributed by atoms with Crippen LogP contribution < -0.4 is 0 Å². The molecule has 0 fully saturated rings. The normalized spacial score (nSPS) is 14.1. The van der Waals surface area contributed by atoms with E-state index < -0.39 is 8.32 Å². The maximum atomic E-state index is 10.3. The fourth-order valence-corrected chi connectivity index (χ4v) is 4.18. The van der Waals surface area contributed by atoms with Gasteiger partial charge in [0, 0.05) is 6.61 Å². The Bertz CT molecular complexity index is 291. The van der Waals surface area contributed by atoms with Crippen LogP contribution in [-0.4, -0.2) is 21.2 Å². The van der Waals surface area contributed by atoms with Gasteiger partial charge < -0.3 is 4.43 Å². The summed E-state index contributed by atoms with van der Waals surface area (Å²) in [5.74, 6) is 0.635. The van der Waals surface area contributed by atoms with E-state index in [-0.39, 0.29) is 5.04 Å². The Kier molecular flexibility index (Phi) is 7.08. The van der Waals surface area contributed by atoms with Crippen LogP contribution in [0.15, 0.2) is 11.6 Å². The van der Waals surface area contributed by atoms with Crippen LogP contribution in [0.4, 0.5) is 0 Å². The third-order valence-electron chi connectivity index (χ3n) is 4.53. The van der Waals surface area contributed by atoms with Gasteiger partial charge in [0.05, 0.1) is 0 Å². The Morgan fingerprint density at radius 2 is 1.89 bits per heavy atom.